The topological polar surface area (TPSA) is 77.5 Å². The number of hydrogen-bond donors (Lipinski definition) is 1. The van der Waals surface area contributed by atoms with Gasteiger partial charge in [0, 0.05) is 11.3 Å². The number of alkyl halides is 3. The Morgan fingerprint density at radius 1 is 1.07 bits per heavy atom. The monoisotopic (exact) mass is 436 g/mol. The summed E-state index contributed by atoms with van der Waals surface area (Å²) < 4.78 is 45.2. The van der Waals surface area contributed by atoms with E-state index in [1.807, 2.05) is 30.3 Å². The van der Waals surface area contributed by atoms with Gasteiger partial charge in [-0.05, 0) is 31.2 Å². The molecule has 0 aliphatic rings. The molecule has 1 aromatic heterocycles. The summed E-state index contributed by atoms with van der Waals surface area (Å²) in [4.78, 5) is 28.9. The van der Waals surface area contributed by atoms with E-state index in [9.17, 15) is 22.8 Å². The van der Waals surface area contributed by atoms with Gasteiger partial charge in [0.15, 0.2) is 6.61 Å². The zero-order chi connectivity index (χ0) is 21.7. The zero-order valence-electron chi connectivity index (χ0n) is 15.5. The summed E-state index contributed by atoms with van der Waals surface area (Å²) in [5, 5.41) is 3.08. The quantitative estimate of drug-likeness (QED) is 0.561. The van der Waals surface area contributed by atoms with Crippen molar-refractivity contribution in [3.05, 3.63) is 65.2 Å². The molecule has 0 radical (unpaired) electrons. The third-order valence-corrected chi connectivity index (χ3v) is 4.90. The first kappa shape index (κ1) is 21.3. The largest absolute Gasteiger partial charge is 0.573 e. The first-order valence-corrected chi connectivity index (χ1v) is 9.38. The summed E-state index contributed by atoms with van der Waals surface area (Å²) in [7, 11) is 0. The number of ether oxygens (including phenoxy) is 2. The number of nitrogens with zero attached hydrogens (tertiary/aromatic N) is 1. The minimum Gasteiger partial charge on any atom is -0.451 e. The van der Waals surface area contributed by atoms with E-state index in [1.54, 1.807) is 6.92 Å². The second kappa shape index (κ2) is 8.95. The molecule has 10 heteroatoms. The summed E-state index contributed by atoms with van der Waals surface area (Å²) in [5.74, 6) is -1.74. The molecule has 0 saturated heterocycles. The number of carbonyl (C=O) groups excluding carboxylic acids is 2. The minimum absolute atomic E-state index is 0.228. The molecular weight excluding hydrogens is 421 g/mol. The highest BCUT2D eigenvalue weighted by atomic mass is 32.1. The Labute approximate surface area is 173 Å². The van der Waals surface area contributed by atoms with Crippen molar-refractivity contribution in [2.75, 3.05) is 11.9 Å². The Kier molecular flexibility index (Phi) is 6.36. The van der Waals surface area contributed by atoms with Crippen LogP contribution in [0.15, 0.2) is 54.6 Å². The molecule has 3 rings (SSSR count). The van der Waals surface area contributed by atoms with E-state index < -0.39 is 30.6 Å². The van der Waals surface area contributed by atoms with Crippen LogP contribution in [0.3, 0.4) is 0 Å². The van der Waals surface area contributed by atoms with Gasteiger partial charge in [0.05, 0.1) is 5.69 Å². The summed E-state index contributed by atoms with van der Waals surface area (Å²) in [6.45, 7) is 1.11. The van der Waals surface area contributed by atoms with Crippen molar-refractivity contribution >= 4 is 28.9 Å². The Morgan fingerprint density at radius 2 is 1.73 bits per heavy atom. The molecule has 0 atom stereocenters. The summed E-state index contributed by atoms with van der Waals surface area (Å²) in [5.41, 5.74) is 1.58. The normalized spacial score (nSPS) is 11.1. The second-order valence-electron chi connectivity index (χ2n) is 6.00. The molecule has 30 heavy (non-hydrogen) atoms. The predicted molar refractivity (Wildman–Crippen MR) is 104 cm³/mol. The van der Waals surface area contributed by atoms with Crippen LogP contribution >= 0.6 is 11.3 Å². The number of carbonyl (C=O) groups is 2. The number of rotatable bonds is 6. The standard InChI is InChI=1S/C20H15F3N2O4S/c1-12-17(30-18(24-12)13-5-3-2-4-6-13)19(27)28-11-16(26)25-14-7-9-15(10-8-14)29-20(21,22)23/h2-10H,11H2,1H3,(H,25,26). The molecule has 0 fully saturated rings. The van der Waals surface area contributed by atoms with Crippen LogP contribution in [0.5, 0.6) is 5.75 Å². The van der Waals surface area contributed by atoms with Crippen molar-refractivity contribution in [3.63, 3.8) is 0 Å². The average molecular weight is 436 g/mol. The Balaban J connectivity index is 1.55. The first-order valence-electron chi connectivity index (χ1n) is 8.57. The Hall–Kier alpha value is -3.40. The van der Waals surface area contributed by atoms with Gasteiger partial charge in [-0.15, -0.1) is 24.5 Å². The number of thiazole rings is 1. The van der Waals surface area contributed by atoms with Crippen LogP contribution in [-0.2, 0) is 9.53 Å². The van der Waals surface area contributed by atoms with Gasteiger partial charge >= 0.3 is 12.3 Å². The number of hydrogen-bond acceptors (Lipinski definition) is 6. The molecule has 0 bridgehead atoms. The molecule has 3 aromatic rings. The maximum atomic E-state index is 12.3. The van der Waals surface area contributed by atoms with E-state index in [0.29, 0.717) is 10.7 Å². The number of nitrogens with one attached hydrogen (secondary N) is 1. The van der Waals surface area contributed by atoms with Gasteiger partial charge < -0.3 is 14.8 Å². The lowest BCUT2D eigenvalue weighted by atomic mass is 10.2. The van der Waals surface area contributed by atoms with Gasteiger partial charge in [0.2, 0.25) is 0 Å². The highest BCUT2D eigenvalue weighted by Crippen LogP contribution is 2.28. The van der Waals surface area contributed by atoms with E-state index >= 15 is 0 Å². The molecule has 0 aliphatic carbocycles. The van der Waals surface area contributed by atoms with Crippen LogP contribution in [0.25, 0.3) is 10.6 Å². The number of benzene rings is 2. The minimum atomic E-state index is -4.80. The van der Waals surface area contributed by atoms with Crippen molar-refractivity contribution in [3.8, 4) is 16.3 Å². The Bertz CT molecular complexity index is 1030. The molecule has 1 heterocycles. The van der Waals surface area contributed by atoms with Gasteiger partial charge in [-0.3, -0.25) is 4.79 Å². The van der Waals surface area contributed by atoms with Crippen LogP contribution in [0.2, 0.25) is 0 Å². The molecule has 1 N–H and O–H groups in total. The summed E-state index contributed by atoms with van der Waals surface area (Å²) in [6, 6.07) is 13.9. The van der Waals surface area contributed by atoms with Crippen LogP contribution in [0.1, 0.15) is 15.4 Å². The van der Waals surface area contributed by atoms with Crippen LogP contribution < -0.4 is 10.1 Å². The summed E-state index contributed by atoms with van der Waals surface area (Å²) in [6.07, 6.45) is -4.80. The third kappa shape index (κ3) is 5.80. The van der Waals surface area contributed by atoms with Gasteiger partial charge in [-0.25, -0.2) is 9.78 Å². The molecule has 1 amide bonds. The van der Waals surface area contributed by atoms with Gasteiger partial charge in [0.25, 0.3) is 5.91 Å². The number of halogens is 3. The van der Waals surface area contributed by atoms with Gasteiger partial charge in [-0.2, -0.15) is 0 Å². The molecule has 0 unspecified atom stereocenters. The van der Waals surface area contributed by atoms with E-state index in [1.165, 1.54) is 12.1 Å². The molecule has 2 aromatic carbocycles. The summed E-state index contributed by atoms with van der Waals surface area (Å²) >= 11 is 1.16. The van der Waals surface area contributed by atoms with Crippen LogP contribution in [0.4, 0.5) is 18.9 Å². The lowest BCUT2D eigenvalue weighted by molar-refractivity contribution is -0.274. The molecule has 6 nitrogen and oxygen atoms in total. The van der Waals surface area contributed by atoms with Crippen molar-refractivity contribution in [2.24, 2.45) is 0 Å². The van der Waals surface area contributed by atoms with Crippen molar-refractivity contribution in [2.45, 2.75) is 13.3 Å². The highest BCUT2D eigenvalue weighted by molar-refractivity contribution is 7.17. The fourth-order valence-corrected chi connectivity index (χ4v) is 3.39. The van der Waals surface area contributed by atoms with Crippen molar-refractivity contribution in [1.82, 2.24) is 4.98 Å². The maximum Gasteiger partial charge on any atom is 0.573 e. The number of anilines is 1. The predicted octanol–water partition coefficient (Wildman–Crippen LogP) is 4.81. The van der Waals surface area contributed by atoms with E-state index in [4.69, 9.17) is 4.74 Å². The maximum absolute atomic E-state index is 12.3. The van der Waals surface area contributed by atoms with Crippen LogP contribution in [0, 0.1) is 6.92 Å². The molecule has 0 spiro atoms. The first-order chi connectivity index (χ1) is 14.2. The smallest absolute Gasteiger partial charge is 0.451 e. The SMILES string of the molecule is Cc1nc(-c2ccccc2)sc1C(=O)OCC(=O)Nc1ccc(OC(F)(F)F)cc1. The van der Waals surface area contributed by atoms with Crippen molar-refractivity contribution < 1.29 is 32.2 Å². The molecule has 0 saturated carbocycles. The molecule has 0 aliphatic heterocycles. The van der Waals surface area contributed by atoms with E-state index in [2.05, 4.69) is 15.0 Å². The number of aryl methyl sites for hydroxylation is 1. The van der Waals surface area contributed by atoms with Gasteiger partial charge in [-0.1, -0.05) is 30.3 Å². The van der Waals surface area contributed by atoms with E-state index in [0.717, 1.165) is 29.0 Å². The Morgan fingerprint density at radius 3 is 2.37 bits per heavy atom. The zero-order valence-corrected chi connectivity index (χ0v) is 16.3. The van der Waals surface area contributed by atoms with Crippen LogP contribution in [-0.4, -0.2) is 29.8 Å². The van der Waals surface area contributed by atoms with Gasteiger partial charge in [0.1, 0.15) is 15.6 Å². The average Bonchev–Trinajstić information content (AvgIpc) is 3.09. The van der Waals surface area contributed by atoms with Crippen molar-refractivity contribution in [1.29, 1.82) is 0 Å². The fraction of sp³-hybridized carbons (Fsp3) is 0.150. The fourth-order valence-electron chi connectivity index (χ4n) is 2.42. The lowest BCUT2D eigenvalue weighted by Crippen LogP contribution is -2.21. The lowest BCUT2D eigenvalue weighted by Gasteiger charge is -2.10. The number of esters is 1. The second-order valence-corrected chi connectivity index (χ2v) is 7.00. The number of aromatic nitrogens is 1. The molecular formula is C20H15F3N2O4S. The van der Waals surface area contributed by atoms with E-state index in [-0.39, 0.29) is 10.6 Å². The number of amides is 1. The third-order valence-electron chi connectivity index (χ3n) is 3.71. The molecule has 156 valence electrons. The highest BCUT2D eigenvalue weighted by Gasteiger charge is 2.31.